The van der Waals surface area contributed by atoms with Crippen molar-refractivity contribution in [2.45, 2.75) is 12.5 Å². The Morgan fingerprint density at radius 2 is 2.43 bits per heavy atom. The summed E-state index contributed by atoms with van der Waals surface area (Å²) in [7, 11) is 0. The molecule has 14 heavy (non-hydrogen) atoms. The Morgan fingerprint density at radius 1 is 1.79 bits per heavy atom. The van der Waals surface area contributed by atoms with Gasteiger partial charge in [0.1, 0.15) is 6.04 Å². The van der Waals surface area contributed by atoms with E-state index in [1.54, 1.807) is 0 Å². The van der Waals surface area contributed by atoms with Gasteiger partial charge < -0.3 is 10.0 Å². The van der Waals surface area contributed by atoms with Gasteiger partial charge in [0.05, 0.1) is 0 Å². The van der Waals surface area contributed by atoms with Crippen LogP contribution in [0.15, 0.2) is 0 Å². The third-order valence-corrected chi connectivity index (χ3v) is 3.55. The van der Waals surface area contributed by atoms with Crippen LogP contribution < -0.4 is 0 Å². The summed E-state index contributed by atoms with van der Waals surface area (Å²) < 4.78 is 0. The molecule has 2 unspecified atom stereocenters. The first-order valence-electron chi connectivity index (χ1n) is 4.29. The largest absolute Gasteiger partial charge is 0.480 e. The van der Waals surface area contributed by atoms with Crippen LogP contribution in [0.5, 0.6) is 0 Å². The van der Waals surface area contributed by atoms with Gasteiger partial charge in [-0.3, -0.25) is 4.79 Å². The minimum absolute atomic E-state index is 0.0871. The molecule has 0 aromatic rings. The van der Waals surface area contributed by atoms with Crippen LogP contribution >= 0.6 is 28.6 Å². The number of nitrogens with zero attached hydrogens (tertiary/aromatic N) is 1. The number of hydrogen-bond acceptors (Lipinski definition) is 3. The van der Waals surface area contributed by atoms with Crippen molar-refractivity contribution in [3.05, 3.63) is 0 Å². The Bertz CT molecular complexity index is 249. The highest BCUT2D eigenvalue weighted by Crippen LogP contribution is 2.22. The number of hydrogen-bond donors (Lipinski definition) is 2. The Hall–Kier alpha value is -0.230. The molecule has 80 valence electrons. The molecular formula is C8H12BrNO3S. The number of rotatable bonds is 4. The molecular weight excluding hydrogens is 270 g/mol. The number of aliphatic carboxylic acids is 1. The van der Waals surface area contributed by atoms with Gasteiger partial charge in [-0.2, -0.15) is 12.6 Å². The molecule has 2 atom stereocenters. The van der Waals surface area contributed by atoms with Crippen LogP contribution in [-0.4, -0.2) is 45.6 Å². The summed E-state index contributed by atoms with van der Waals surface area (Å²) in [6.45, 7) is 0.515. The molecule has 1 aliphatic heterocycles. The average molecular weight is 282 g/mol. The quantitative estimate of drug-likeness (QED) is 0.587. The maximum atomic E-state index is 11.5. The lowest BCUT2D eigenvalue weighted by atomic mass is 10.2. The molecule has 0 saturated carbocycles. The zero-order valence-corrected chi connectivity index (χ0v) is 10.00. The molecule has 0 radical (unpaired) electrons. The SMILES string of the molecule is O=C(O)C(CS)N1CC(CBr)CC1=O. The number of alkyl halides is 1. The van der Waals surface area contributed by atoms with Gasteiger partial charge in [-0.1, -0.05) is 15.9 Å². The van der Waals surface area contributed by atoms with Gasteiger partial charge in [0.25, 0.3) is 0 Å². The Kier molecular flexibility index (Phi) is 4.25. The molecule has 1 rings (SSSR count). The van der Waals surface area contributed by atoms with Crippen LogP contribution in [0.1, 0.15) is 6.42 Å². The van der Waals surface area contributed by atoms with E-state index in [1.807, 2.05) is 0 Å². The predicted octanol–water partition coefficient (Wildman–Crippen LogP) is 0.613. The second-order valence-corrected chi connectivity index (χ2v) is 4.32. The van der Waals surface area contributed by atoms with Gasteiger partial charge in [-0.05, 0) is 5.92 Å². The van der Waals surface area contributed by atoms with Crippen molar-refractivity contribution in [3.8, 4) is 0 Å². The van der Waals surface area contributed by atoms with E-state index in [0.717, 1.165) is 5.33 Å². The van der Waals surface area contributed by atoms with Crippen molar-refractivity contribution in [2.24, 2.45) is 5.92 Å². The van der Waals surface area contributed by atoms with E-state index >= 15 is 0 Å². The van der Waals surface area contributed by atoms with E-state index in [0.29, 0.717) is 13.0 Å². The molecule has 0 spiro atoms. The summed E-state index contributed by atoms with van der Waals surface area (Å²) in [5, 5.41) is 9.59. The first kappa shape index (κ1) is 11.8. The number of carboxylic acid groups (broad SMARTS) is 1. The molecule has 1 N–H and O–H groups in total. The third kappa shape index (κ3) is 2.42. The van der Waals surface area contributed by atoms with Crippen LogP contribution in [0.4, 0.5) is 0 Å². The Morgan fingerprint density at radius 3 is 2.79 bits per heavy atom. The van der Waals surface area contributed by atoms with E-state index in [-0.39, 0.29) is 17.6 Å². The summed E-state index contributed by atoms with van der Waals surface area (Å²) in [6, 6.07) is -0.783. The molecule has 0 aromatic heterocycles. The zero-order chi connectivity index (χ0) is 10.7. The van der Waals surface area contributed by atoms with Gasteiger partial charge in [0.15, 0.2) is 0 Å². The predicted molar refractivity (Wildman–Crippen MR) is 58.9 cm³/mol. The van der Waals surface area contributed by atoms with Crippen molar-refractivity contribution in [3.63, 3.8) is 0 Å². The molecule has 0 bridgehead atoms. The molecule has 4 nitrogen and oxygen atoms in total. The molecule has 0 aromatic carbocycles. The average Bonchev–Trinajstić information content (AvgIpc) is 2.48. The van der Waals surface area contributed by atoms with Gasteiger partial charge >= 0.3 is 5.97 Å². The van der Waals surface area contributed by atoms with Gasteiger partial charge in [0.2, 0.25) is 5.91 Å². The van der Waals surface area contributed by atoms with E-state index in [9.17, 15) is 9.59 Å². The highest BCUT2D eigenvalue weighted by molar-refractivity contribution is 9.09. The first-order chi connectivity index (χ1) is 6.60. The fraction of sp³-hybridized carbons (Fsp3) is 0.750. The smallest absolute Gasteiger partial charge is 0.327 e. The van der Waals surface area contributed by atoms with Gasteiger partial charge in [-0.25, -0.2) is 4.79 Å². The maximum absolute atomic E-state index is 11.5. The van der Waals surface area contributed by atoms with Gasteiger partial charge in [0, 0.05) is 24.0 Å². The van der Waals surface area contributed by atoms with Crippen molar-refractivity contribution < 1.29 is 14.7 Å². The molecule has 1 saturated heterocycles. The van der Waals surface area contributed by atoms with Crippen LogP contribution in [0.2, 0.25) is 0 Å². The van der Waals surface area contributed by atoms with Gasteiger partial charge in [-0.15, -0.1) is 0 Å². The van der Waals surface area contributed by atoms with E-state index in [1.165, 1.54) is 4.90 Å². The lowest BCUT2D eigenvalue weighted by molar-refractivity contribution is -0.147. The number of amides is 1. The molecule has 6 heteroatoms. The standard InChI is InChI=1S/C8H12BrNO3S/c9-2-5-1-7(11)10(3-5)6(4-14)8(12)13/h5-6,14H,1-4H2,(H,12,13). The second-order valence-electron chi connectivity index (χ2n) is 3.31. The third-order valence-electron chi connectivity index (χ3n) is 2.29. The summed E-state index contributed by atoms with van der Waals surface area (Å²) in [6.07, 6.45) is 0.433. The zero-order valence-electron chi connectivity index (χ0n) is 7.52. The number of thiol groups is 1. The lowest BCUT2D eigenvalue weighted by Gasteiger charge is -2.22. The van der Waals surface area contributed by atoms with Crippen LogP contribution in [-0.2, 0) is 9.59 Å². The maximum Gasteiger partial charge on any atom is 0.327 e. The fourth-order valence-electron chi connectivity index (χ4n) is 1.52. The van der Waals surface area contributed by atoms with Crippen molar-refractivity contribution in [1.29, 1.82) is 0 Å². The van der Waals surface area contributed by atoms with Crippen molar-refractivity contribution >= 4 is 40.4 Å². The highest BCUT2D eigenvalue weighted by Gasteiger charge is 2.36. The number of likely N-dealkylation sites (tertiary alicyclic amines) is 1. The first-order valence-corrected chi connectivity index (χ1v) is 6.04. The van der Waals surface area contributed by atoms with E-state index < -0.39 is 12.0 Å². The topological polar surface area (TPSA) is 57.6 Å². The Labute approximate surface area is 96.2 Å². The summed E-state index contributed by atoms with van der Waals surface area (Å²) in [5.41, 5.74) is 0. The van der Waals surface area contributed by atoms with E-state index in [2.05, 4.69) is 28.6 Å². The normalized spacial score (nSPS) is 24.0. The minimum Gasteiger partial charge on any atom is -0.480 e. The molecule has 1 aliphatic rings. The number of carboxylic acids is 1. The number of halogens is 1. The second kappa shape index (κ2) is 5.02. The molecule has 1 fully saturated rings. The van der Waals surface area contributed by atoms with Crippen LogP contribution in [0.25, 0.3) is 0 Å². The summed E-state index contributed by atoms with van der Waals surface area (Å²) in [5.74, 6) is -0.681. The summed E-state index contributed by atoms with van der Waals surface area (Å²) in [4.78, 5) is 23.7. The monoisotopic (exact) mass is 281 g/mol. The van der Waals surface area contributed by atoms with Crippen LogP contribution in [0.3, 0.4) is 0 Å². The summed E-state index contributed by atoms with van der Waals surface area (Å²) >= 11 is 7.24. The van der Waals surface area contributed by atoms with Crippen molar-refractivity contribution in [1.82, 2.24) is 4.90 Å². The molecule has 0 aliphatic carbocycles. The molecule has 1 amide bonds. The van der Waals surface area contributed by atoms with E-state index in [4.69, 9.17) is 5.11 Å². The van der Waals surface area contributed by atoms with Crippen molar-refractivity contribution in [2.75, 3.05) is 17.6 Å². The lowest BCUT2D eigenvalue weighted by Crippen LogP contribution is -2.43. The number of carbonyl (C=O) groups excluding carboxylic acids is 1. The fourth-order valence-corrected chi connectivity index (χ4v) is 2.31. The molecule has 1 heterocycles. The van der Waals surface area contributed by atoms with Crippen LogP contribution in [0, 0.1) is 5.92 Å². The minimum atomic E-state index is -0.983. The number of carbonyl (C=O) groups is 2. The Balaban J connectivity index is 2.68. The highest BCUT2D eigenvalue weighted by atomic mass is 79.9.